The van der Waals surface area contributed by atoms with E-state index in [-0.39, 0.29) is 6.42 Å². The van der Waals surface area contributed by atoms with Crippen molar-refractivity contribution >= 4 is 0 Å². The molecular weight excluding hydrogens is 160 g/mol. The lowest BCUT2D eigenvalue weighted by atomic mass is 10.1. The van der Waals surface area contributed by atoms with Gasteiger partial charge in [0.05, 0.1) is 9.30 Å². The SMILES string of the molecule is [2H]C([2H])([2H])[C@H](CCC)C([2H])([2H])Oc1ccccc1. The number of hydrogen-bond acceptors (Lipinski definition) is 1. The van der Waals surface area contributed by atoms with E-state index in [9.17, 15) is 0 Å². The van der Waals surface area contributed by atoms with Crippen LogP contribution in [0, 0.1) is 5.92 Å². The van der Waals surface area contributed by atoms with Gasteiger partial charge in [0.15, 0.2) is 0 Å². The number of rotatable bonds is 5. The molecule has 0 radical (unpaired) electrons. The molecule has 1 rings (SSSR count). The van der Waals surface area contributed by atoms with E-state index in [4.69, 9.17) is 11.6 Å². The maximum Gasteiger partial charge on any atom is 0.119 e. The van der Waals surface area contributed by atoms with Crippen LogP contribution in [-0.2, 0) is 0 Å². The van der Waals surface area contributed by atoms with Gasteiger partial charge >= 0.3 is 0 Å². The molecule has 0 aromatic heterocycles. The van der Waals surface area contributed by atoms with Crippen LogP contribution in [0.5, 0.6) is 5.75 Å². The summed E-state index contributed by atoms with van der Waals surface area (Å²) < 4.78 is 43.2. The van der Waals surface area contributed by atoms with Crippen LogP contribution in [0.15, 0.2) is 30.3 Å². The highest BCUT2D eigenvalue weighted by Crippen LogP contribution is 2.11. The highest BCUT2D eigenvalue weighted by Gasteiger charge is 2.00. The number of benzene rings is 1. The molecule has 1 nitrogen and oxygen atoms in total. The Labute approximate surface area is 87.8 Å². The van der Waals surface area contributed by atoms with Crippen molar-refractivity contribution in [2.75, 3.05) is 6.56 Å². The Kier molecular flexibility index (Phi) is 2.18. The van der Waals surface area contributed by atoms with Gasteiger partial charge in [-0.15, -0.1) is 0 Å². The summed E-state index contributed by atoms with van der Waals surface area (Å²) in [5, 5.41) is 0. The van der Waals surface area contributed by atoms with Gasteiger partial charge in [-0.05, 0) is 24.5 Å². The average molecular weight is 183 g/mol. The molecule has 0 saturated carbocycles. The Morgan fingerprint density at radius 3 is 2.85 bits per heavy atom. The van der Waals surface area contributed by atoms with Gasteiger partial charge in [0, 0.05) is 4.11 Å². The van der Waals surface area contributed by atoms with Gasteiger partial charge in [-0.2, -0.15) is 0 Å². The molecular formula is C12H18O. The van der Waals surface area contributed by atoms with Crippen LogP contribution in [0.25, 0.3) is 0 Å². The number of ether oxygens (including phenoxy) is 1. The first-order valence-corrected chi connectivity index (χ1v) is 4.51. The third kappa shape index (κ3) is 3.97. The molecule has 0 fully saturated rings. The molecule has 0 heterocycles. The standard InChI is InChI=1S/C12H18O/c1-3-7-11(2)10-13-12-8-5-4-6-9-12/h4-6,8-9,11H,3,7,10H2,1-2H3/t11-/m1/s1/i2D3,10D2. The Morgan fingerprint density at radius 2 is 2.23 bits per heavy atom. The molecule has 0 aliphatic carbocycles. The third-order valence-corrected chi connectivity index (χ3v) is 1.64. The first-order chi connectivity index (χ1) is 8.27. The lowest BCUT2D eigenvalue weighted by Gasteiger charge is -2.11. The van der Waals surface area contributed by atoms with E-state index in [2.05, 4.69) is 0 Å². The van der Waals surface area contributed by atoms with Crippen molar-refractivity contribution in [3.05, 3.63) is 30.3 Å². The van der Waals surface area contributed by atoms with E-state index >= 15 is 0 Å². The average Bonchev–Trinajstić information content (AvgIpc) is 2.24. The highest BCUT2D eigenvalue weighted by atomic mass is 16.5. The molecule has 0 aliphatic rings. The summed E-state index contributed by atoms with van der Waals surface area (Å²) in [6.45, 7) is -2.74. The molecule has 0 spiro atoms. The van der Waals surface area contributed by atoms with Gasteiger partial charge in [0.2, 0.25) is 0 Å². The first kappa shape index (κ1) is 5.04. The summed E-state index contributed by atoms with van der Waals surface area (Å²) in [5.41, 5.74) is 0. The molecule has 1 atom stereocenters. The van der Waals surface area contributed by atoms with Gasteiger partial charge in [-0.1, -0.05) is 38.4 Å². The maximum absolute atomic E-state index is 7.86. The van der Waals surface area contributed by atoms with Crippen molar-refractivity contribution in [1.29, 1.82) is 0 Å². The fourth-order valence-electron chi connectivity index (χ4n) is 0.975. The topological polar surface area (TPSA) is 9.23 Å². The predicted octanol–water partition coefficient (Wildman–Crippen LogP) is 3.50. The van der Waals surface area contributed by atoms with E-state index < -0.39 is 19.3 Å². The van der Waals surface area contributed by atoms with Gasteiger partial charge in [0.25, 0.3) is 0 Å². The van der Waals surface area contributed by atoms with Crippen LogP contribution in [0.1, 0.15) is 33.5 Å². The van der Waals surface area contributed by atoms with E-state index in [1.807, 2.05) is 6.92 Å². The second-order valence-corrected chi connectivity index (χ2v) is 2.87. The predicted molar refractivity (Wildman–Crippen MR) is 56.0 cm³/mol. The third-order valence-electron chi connectivity index (χ3n) is 1.64. The van der Waals surface area contributed by atoms with Crippen LogP contribution in [0.4, 0.5) is 0 Å². The summed E-state index contributed by atoms with van der Waals surface area (Å²) in [5.74, 6) is -0.789. The van der Waals surface area contributed by atoms with Crippen molar-refractivity contribution < 1.29 is 11.6 Å². The molecule has 0 aliphatic heterocycles. The molecule has 0 amide bonds. The molecule has 1 heteroatoms. The lowest BCUT2D eigenvalue weighted by molar-refractivity contribution is 0.251. The van der Waals surface area contributed by atoms with Crippen LogP contribution in [0.2, 0.25) is 0 Å². The van der Waals surface area contributed by atoms with Crippen molar-refractivity contribution in [1.82, 2.24) is 0 Å². The second-order valence-electron chi connectivity index (χ2n) is 2.87. The van der Waals surface area contributed by atoms with Crippen molar-refractivity contribution in [2.45, 2.75) is 26.6 Å². The monoisotopic (exact) mass is 183 g/mol. The maximum atomic E-state index is 7.86. The fourth-order valence-corrected chi connectivity index (χ4v) is 0.975. The van der Waals surface area contributed by atoms with Crippen LogP contribution >= 0.6 is 0 Å². The van der Waals surface area contributed by atoms with Crippen LogP contribution in [0.3, 0.4) is 0 Å². The van der Waals surface area contributed by atoms with Crippen molar-refractivity contribution in [2.24, 2.45) is 5.92 Å². The Hall–Kier alpha value is -0.980. The van der Waals surface area contributed by atoms with E-state index in [0.29, 0.717) is 12.2 Å². The van der Waals surface area contributed by atoms with E-state index in [0.717, 1.165) is 0 Å². The van der Waals surface area contributed by atoms with Gasteiger partial charge in [0.1, 0.15) is 5.75 Å². The largest absolute Gasteiger partial charge is 0.493 e. The minimum absolute atomic E-state index is 0.260. The quantitative estimate of drug-likeness (QED) is 0.679. The summed E-state index contributed by atoms with van der Waals surface area (Å²) in [4.78, 5) is 0. The summed E-state index contributed by atoms with van der Waals surface area (Å²) in [7, 11) is 0. The zero-order valence-corrected chi connectivity index (χ0v) is 7.79. The van der Waals surface area contributed by atoms with Crippen molar-refractivity contribution in [3.63, 3.8) is 0 Å². The molecule has 0 bridgehead atoms. The minimum atomic E-state index is -2.37. The molecule has 72 valence electrons. The fraction of sp³-hybridized carbons (Fsp3) is 0.500. The molecule has 1 aromatic carbocycles. The Bertz CT molecular complexity index is 360. The zero-order valence-electron chi connectivity index (χ0n) is 12.8. The summed E-state index contributed by atoms with van der Waals surface area (Å²) in [6, 6.07) is 8.45. The molecule has 1 aromatic rings. The first-order valence-electron chi connectivity index (χ1n) is 7.01. The summed E-state index contributed by atoms with van der Waals surface area (Å²) >= 11 is 0. The molecule has 0 saturated heterocycles. The molecule has 0 N–H and O–H groups in total. The van der Waals surface area contributed by atoms with Crippen LogP contribution in [-0.4, -0.2) is 6.56 Å². The molecule has 0 unspecified atom stereocenters. The zero-order chi connectivity index (χ0) is 13.8. The normalized spacial score (nSPS) is 20.2. The van der Waals surface area contributed by atoms with Crippen LogP contribution < -0.4 is 4.74 Å². The Balaban J connectivity index is 2.88. The smallest absolute Gasteiger partial charge is 0.119 e. The minimum Gasteiger partial charge on any atom is -0.493 e. The molecule has 13 heavy (non-hydrogen) atoms. The number of para-hydroxylation sites is 1. The Morgan fingerprint density at radius 1 is 1.46 bits per heavy atom. The van der Waals surface area contributed by atoms with Gasteiger partial charge in [-0.25, -0.2) is 0 Å². The van der Waals surface area contributed by atoms with E-state index in [1.165, 1.54) is 0 Å². The second kappa shape index (κ2) is 5.63. The van der Waals surface area contributed by atoms with Gasteiger partial charge in [-0.3, -0.25) is 0 Å². The van der Waals surface area contributed by atoms with Crippen molar-refractivity contribution in [3.8, 4) is 5.75 Å². The lowest BCUT2D eigenvalue weighted by Crippen LogP contribution is -2.07. The van der Waals surface area contributed by atoms with Gasteiger partial charge < -0.3 is 4.74 Å². The summed E-state index contributed by atoms with van der Waals surface area (Å²) in [6.07, 6.45) is 0.858. The van der Waals surface area contributed by atoms with E-state index in [1.54, 1.807) is 30.3 Å². The highest BCUT2D eigenvalue weighted by molar-refractivity contribution is 5.20. The number of hydrogen-bond donors (Lipinski definition) is 0.